The first-order chi connectivity index (χ1) is 9.00. The van der Waals surface area contributed by atoms with Crippen LogP contribution in [0.3, 0.4) is 0 Å². The molecule has 98 valence electrons. The molecule has 2 aromatic carbocycles. The summed E-state index contributed by atoms with van der Waals surface area (Å²) in [4.78, 5) is 11.1. The Bertz CT molecular complexity index is 644. The molecule has 0 saturated heterocycles. The first-order valence-electron chi connectivity index (χ1n) is 5.37. The third kappa shape index (κ3) is 2.42. The largest absolute Gasteiger partial charge is 0.504 e. The Hall–Kier alpha value is -2.76. The molecule has 0 aromatic heterocycles. The van der Waals surface area contributed by atoms with Crippen LogP contribution in [0.15, 0.2) is 36.4 Å². The molecule has 0 atom stereocenters. The van der Waals surface area contributed by atoms with E-state index in [9.17, 15) is 14.3 Å². The molecular formula is C13H11FN2O3. The lowest BCUT2D eigenvalue weighted by molar-refractivity contribution is 0.0697. The van der Waals surface area contributed by atoms with Gasteiger partial charge in [0.25, 0.3) is 0 Å². The molecule has 0 aliphatic carbocycles. The Morgan fingerprint density at radius 1 is 1.21 bits per heavy atom. The number of nitrogens with two attached hydrogens (primary N) is 1. The van der Waals surface area contributed by atoms with Crippen LogP contribution in [-0.4, -0.2) is 16.2 Å². The maximum absolute atomic E-state index is 13.5. The number of carbonyl (C=O) groups is 1. The average molecular weight is 262 g/mol. The fraction of sp³-hybridized carbons (Fsp3) is 0. The molecule has 0 radical (unpaired) electrons. The molecule has 0 spiro atoms. The summed E-state index contributed by atoms with van der Waals surface area (Å²) in [5.74, 6) is -2.25. The highest BCUT2D eigenvalue weighted by Gasteiger charge is 2.17. The molecule has 5 N–H and O–H groups in total. The summed E-state index contributed by atoms with van der Waals surface area (Å²) in [5.41, 5.74) is 5.22. The predicted octanol–water partition coefficient (Wildman–Crippen LogP) is 2.56. The maximum Gasteiger partial charge on any atom is 0.337 e. The summed E-state index contributed by atoms with van der Waals surface area (Å²) in [5, 5.41) is 21.4. The fourth-order valence-electron chi connectivity index (χ4n) is 1.61. The van der Waals surface area contributed by atoms with Crippen molar-refractivity contribution in [1.29, 1.82) is 0 Å². The predicted molar refractivity (Wildman–Crippen MR) is 69.2 cm³/mol. The van der Waals surface area contributed by atoms with Crippen molar-refractivity contribution in [2.75, 3.05) is 11.1 Å². The minimum atomic E-state index is -1.26. The highest BCUT2D eigenvalue weighted by atomic mass is 19.1. The number of aromatic hydroxyl groups is 1. The number of phenolic OH excluding ortho intramolecular Hbond substituents is 1. The molecule has 0 aliphatic rings. The Balaban J connectivity index is 2.53. The molecule has 0 saturated carbocycles. The number of rotatable bonds is 3. The number of nitrogen functional groups attached to an aromatic ring is 1. The zero-order valence-electron chi connectivity index (χ0n) is 9.72. The summed E-state index contributed by atoms with van der Waals surface area (Å²) in [6.07, 6.45) is 0. The zero-order chi connectivity index (χ0) is 14.0. The van der Waals surface area contributed by atoms with Gasteiger partial charge in [-0.15, -0.1) is 0 Å². The van der Waals surface area contributed by atoms with Gasteiger partial charge in [-0.1, -0.05) is 12.1 Å². The first kappa shape index (κ1) is 12.7. The molecule has 6 heteroatoms. The van der Waals surface area contributed by atoms with Crippen LogP contribution in [0.5, 0.6) is 5.75 Å². The average Bonchev–Trinajstić information content (AvgIpc) is 2.37. The Labute approximate surface area is 108 Å². The first-order valence-corrected chi connectivity index (χ1v) is 5.37. The molecule has 2 aromatic rings. The summed E-state index contributed by atoms with van der Waals surface area (Å²) >= 11 is 0. The van der Waals surface area contributed by atoms with E-state index >= 15 is 0 Å². The van der Waals surface area contributed by atoms with Crippen molar-refractivity contribution in [1.82, 2.24) is 0 Å². The van der Waals surface area contributed by atoms with Crippen LogP contribution in [0.25, 0.3) is 0 Å². The van der Waals surface area contributed by atoms with Crippen LogP contribution in [-0.2, 0) is 0 Å². The topological polar surface area (TPSA) is 95.6 Å². The molecule has 5 nitrogen and oxygen atoms in total. The number of carboxylic acids is 1. The van der Waals surface area contributed by atoms with Crippen molar-refractivity contribution in [2.45, 2.75) is 0 Å². The zero-order valence-corrected chi connectivity index (χ0v) is 9.72. The van der Waals surface area contributed by atoms with Crippen LogP contribution in [0.4, 0.5) is 21.5 Å². The van der Waals surface area contributed by atoms with Crippen molar-refractivity contribution < 1.29 is 19.4 Å². The van der Waals surface area contributed by atoms with Gasteiger partial charge in [0, 0.05) is 0 Å². The number of nitrogens with one attached hydrogen (secondary N) is 1. The fourth-order valence-corrected chi connectivity index (χ4v) is 1.61. The SMILES string of the molecule is Nc1ccc(C(=O)O)c(Nc2ccccc2F)c1O. The summed E-state index contributed by atoms with van der Waals surface area (Å²) < 4.78 is 13.5. The minimum Gasteiger partial charge on any atom is -0.504 e. The van der Waals surface area contributed by atoms with Gasteiger partial charge >= 0.3 is 5.97 Å². The van der Waals surface area contributed by atoms with Crippen LogP contribution in [0, 0.1) is 5.82 Å². The molecule has 0 unspecified atom stereocenters. The number of phenols is 1. The lowest BCUT2D eigenvalue weighted by Gasteiger charge is -2.13. The molecule has 0 bridgehead atoms. The van der Waals surface area contributed by atoms with Gasteiger partial charge in [0.15, 0.2) is 5.75 Å². The number of para-hydroxylation sites is 1. The third-order valence-electron chi connectivity index (χ3n) is 2.57. The molecule has 0 aliphatic heterocycles. The van der Waals surface area contributed by atoms with Crippen LogP contribution >= 0.6 is 0 Å². The van der Waals surface area contributed by atoms with Gasteiger partial charge in [0.1, 0.15) is 5.82 Å². The number of hydrogen-bond acceptors (Lipinski definition) is 4. The second-order valence-electron chi connectivity index (χ2n) is 3.84. The van der Waals surface area contributed by atoms with Crippen molar-refractivity contribution >= 4 is 23.0 Å². The molecule has 2 rings (SSSR count). The molecular weight excluding hydrogens is 251 g/mol. The van der Waals surface area contributed by atoms with Gasteiger partial charge in [-0.25, -0.2) is 9.18 Å². The van der Waals surface area contributed by atoms with Gasteiger partial charge in [-0.05, 0) is 24.3 Å². The maximum atomic E-state index is 13.5. The smallest absolute Gasteiger partial charge is 0.337 e. The molecule has 0 heterocycles. The molecule has 19 heavy (non-hydrogen) atoms. The summed E-state index contributed by atoms with van der Waals surface area (Å²) in [6.45, 7) is 0. The summed E-state index contributed by atoms with van der Waals surface area (Å²) in [7, 11) is 0. The highest BCUT2D eigenvalue weighted by molar-refractivity contribution is 5.98. The van der Waals surface area contributed by atoms with E-state index in [2.05, 4.69) is 5.32 Å². The summed E-state index contributed by atoms with van der Waals surface area (Å²) in [6, 6.07) is 8.22. The molecule has 0 fully saturated rings. The van der Waals surface area contributed by atoms with E-state index in [0.29, 0.717) is 0 Å². The van der Waals surface area contributed by atoms with Gasteiger partial charge in [0.05, 0.1) is 22.6 Å². The van der Waals surface area contributed by atoms with E-state index in [-0.39, 0.29) is 22.6 Å². The van der Waals surface area contributed by atoms with E-state index in [1.54, 1.807) is 6.07 Å². The van der Waals surface area contributed by atoms with E-state index in [1.807, 2.05) is 0 Å². The Morgan fingerprint density at radius 2 is 1.89 bits per heavy atom. The standard InChI is InChI=1S/C13H11FN2O3/c14-8-3-1-2-4-10(8)16-11-7(13(18)19)5-6-9(15)12(11)17/h1-6,16-17H,15H2,(H,18,19). The monoisotopic (exact) mass is 262 g/mol. The normalized spacial score (nSPS) is 10.2. The van der Waals surface area contributed by atoms with E-state index < -0.39 is 17.5 Å². The lowest BCUT2D eigenvalue weighted by Crippen LogP contribution is -2.05. The Kier molecular flexibility index (Phi) is 3.24. The van der Waals surface area contributed by atoms with Gasteiger partial charge in [0.2, 0.25) is 0 Å². The quantitative estimate of drug-likeness (QED) is 0.503. The van der Waals surface area contributed by atoms with Crippen molar-refractivity contribution in [2.24, 2.45) is 0 Å². The highest BCUT2D eigenvalue weighted by Crippen LogP contribution is 2.36. The van der Waals surface area contributed by atoms with Gasteiger partial charge in [-0.2, -0.15) is 0 Å². The molecule has 0 amide bonds. The number of carboxylic acid groups (broad SMARTS) is 1. The van der Waals surface area contributed by atoms with Crippen LogP contribution < -0.4 is 11.1 Å². The van der Waals surface area contributed by atoms with Gasteiger partial charge < -0.3 is 21.3 Å². The van der Waals surface area contributed by atoms with Crippen molar-refractivity contribution in [3.8, 4) is 5.75 Å². The van der Waals surface area contributed by atoms with Crippen molar-refractivity contribution in [3.63, 3.8) is 0 Å². The Morgan fingerprint density at radius 3 is 2.53 bits per heavy atom. The van der Waals surface area contributed by atoms with Crippen LogP contribution in [0.2, 0.25) is 0 Å². The van der Waals surface area contributed by atoms with E-state index in [0.717, 1.165) is 0 Å². The van der Waals surface area contributed by atoms with Crippen molar-refractivity contribution in [3.05, 3.63) is 47.8 Å². The lowest BCUT2D eigenvalue weighted by atomic mass is 10.1. The van der Waals surface area contributed by atoms with Crippen LogP contribution in [0.1, 0.15) is 10.4 Å². The number of halogens is 1. The number of aromatic carboxylic acids is 1. The second kappa shape index (κ2) is 4.85. The third-order valence-corrected chi connectivity index (χ3v) is 2.57. The van der Waals surface area contributed by atoms with E-state index in [1.165, 1.54) is 30.3 Å². The second-order valence-corrected chi connectivity index (χ2v) is 3.84. The van der Waals surface area contributed by atoms with E-state index in [4.69, 9.17) is 10.8 Å². The van der Waals surface area contributed by atoms with Gasteiger partial charge in [-0.3, -0.25) is 0 Å². The number of hydrogen-bond donors (Lipinski definition) is 4. The number of anilines is 3. The number of benzene rings is 2. The minimum absolute atomic E-state index is 0.00355.